The summed E-state index contributed by atoms with van der Waals surface area (Å²) in [4.78, 5) is 15.9. The zero-order valence-corrected chi connectivity index (χ0v) is 23.9. The molecule has 6 heteroatoms. The molecule has 0 saturated heterocycles. The van der Waals surface area contributed by atoms with Crippen molar-refractivity contribution in [2.75, 3.05) is 18.6 Å². The van der Waals surface area contributed by atoms with Crippen molar-refractivity contribution in [3.63, 3.8) is 0 Å². The monoisotopic (exact) mass is 534 g/mol. The first-order valence-corrected chi connectivity index (χ1v) is 14.8. The Morgan fingerprint density at radius 1 is 1.08 bits per heavy atom. The summed E-state index contributed by atoms with van der Waals surface area (Å²) in [7, 11) is 1.70. The zero-order chi connectivity index (χ0) is 27.1. The fraction of sp³-hybridized carbons (Fsp3) is 0.500. The van der Waals surface area contributed by atoms with E-state index in [1.54, 1.807) is 7.11 Å². The van der Waals surface area contributed by atoms with Crippen LogP contribution in [0.4, 0.5) is 5.69 Å². The number of anilines is 1. The van der Waals surface area contributed by atoms with E-state index in [1.807, 2.05) is 42.3 Å². The minimum atomic E-state index is -0.269. The Bertz CT molecular complexity index is 1130. The molecule has 2 aliphatic rings. The number of hydrogen-bond donors (Lipinski definition) is 1. The van der Waals surface area contributed by atoms with Crippen molar-refractivity contribution in [2.45, 2.75) is 71.3 Å². The zero-order valence-electron chi connectivity index (χ0n) is 23.1. The first-order valence-electron chi connectivity index (χ1n) is 13.9. The number of carbonyl (C=O) groups excluding carboxylic acids is 1. The molecule has 0 atom stereocenters. The van der Waals surface area contributed by atoms with Crippen LogP contribution in [-0.4, -0.2) is 35.1 Å². The molecule has 4 rings (SSSR count). The third-order valence-electron chi connectivity index (χ3n) is 8.18. The molecule has 1 N–H and O–H groups in total. The fourth-order valence-electron chi connectivity index (χ4n) is 5.79. The van der Waals surface area contributed by atoms with Crippen LogP contribution in [0.5, 0.6) is 0 Å². The van der Waals surface area contributed by atoms with Gasteiger partial charge in [-0.25, -0.2) is 0 Å². The van der Waals surface area contributed by atoms with Gasteiger partial charge in [0.1, 0.15) is 5.76 Å². The minimum absolute atomic E-state index is 0.0207. The molecule has 0 bridgehead atoms. The van der Waals surface area contributed by atoms with Crippen LogP contribution in [-0.2, 0) is 9.53 Å². The molecule has 5 nitrogen and oxygen atoms in total. The van der Waals surface area contributed by atoms with Gasteiger partial charge < -0.3 is 14.7 Å². The topological polar surface area (TPSA) is 62.7 Å². The maximum Gasteiger partial charge on any atom is 0.230 e. The Hall–Kier alpha value is -2.70. The highest BCUT2D eigenvalue weighted by molar-refractivity contribution is 7.03. The molecular formula is C32H42N2O3S. The molecule has 0 spiro atoms. The fourth-order valence-corrected chi connectivity index (χ4v) is 6.32. The maximum absolute atomic E-state index is 13.9. The number of methoxy groups -OCH3 is 1. The molecule has 0 aliphatic heterocycles. The first-order chi connectivity index (χ1) is 18.4. The van der Waals surface area contributed by atoms with E-state index in [-0.39, 0.29) is 17.9 Å². The Kier molecular flexibility index (Phi) is 9.97. The highest BCUT2D eigenvalue weighted by Gasteiger charge is 2.32. The lowest BCUT2D eigenvalue weighted by molar-refractivity contribution is -0.124. The Balaban J connectivity index is 1.46. The summed E-state index contributed by atoms with van der Waals surface area (Å²) in [5.41, 5.74) is 5.25. The van der Waals surface area contributed by atoms with E-state index in [4.69, 9.17) is 4.74 Å². The summed E-state index contributed by atoms with van der Waals surface area (Å²) in [6, 6.07) is 10.3. The summed E-state index contributed by atoms with van der Waals surface area (Å²) < 4.78 is 9.96. The number of ether oxygens (including phenoxy) is 1. The number of aliphatic hydroxyl groups excluding tert-OH is 1. The van der Waals surface area contributed by atoms with Crippen LogP contribution in [0.2, 0.25) is 0 Å². The minimum Gasteiger partial charge on any atom is -0.497 e. The molecule has 1 aromatic carbocycles. The molecule has 38 heavy (non-hydrogen) atoms. The summed E-state index contributed by atoms with van der Waals surface area (Å²) >= 11 is 1.44. The Morgan fingerprint density at radius 2 is 1.79 bits per heavy atom. The first kappa shape index (κ1) is 28.3. The standard InChI is InChI=1S/C32H42N2O3S/c1-22(2)31(37-4)17-8-23(3)25-11-9-24(10-12-25)21-34(32(36)26-13-15-29(35)16-14-26)28-7-5-6-27(20-28)30-18-19-38-33-30/h5-8,17-20,24-26,29,35H,3,9-16,21H2,1-2,4H3/b17-8-. The molecule has 2 aromatic rings. The highest BCUT2D eigenvalue weighted by atomic mass is 32.1. The van der Waals surface area contributed by atoms with Crippen molar-refractivity contribution in [1.29, 1.82) is 0 Å². The van der Waals surface area contributed by atoms with Gasteiger partial charge in [0.2, 0.25) is 5.91 Å². The van der Waals surface area contributed by atoms with E-state index in [9.17, 15) is 9.90 Å². The lowest BCUT2D eigenvalue weighted by Gasteiger charge is -2.36. The quantitative estimate of drug-likeness (QED) is 0.266. The molecule has 204 valence electrons. The van der Waals surface area contributed by atoms with E-state index in [1.165, 1.54) is 11.5 Å². The van der Waals surface area contributed by atoms with Crippen molar-refractivity contribution in [3.8, 4) is 11.3 Å². The van der Waals surface area contributed by atoms with E-state index < -0.39 is 0 Å². The smallest absolute Gasteiger partial charge is 0.230 e. The number of benzene rings is 1. The second-order valence-electron chi connectivity index (χ2n) is 11.1. The molecule has 2 aliphatic carbocycles. The largest absolute Gasteiger partial charge is 0.497 e. The SMILES string of the molecule is C=C(/C=C\C(OC)=C(C)C)C1CCC(CN(C(=O)C2CCC(O)CC2)c2cccc(-c3ccsn3)c2)CC1. The van der Waals surface area contributed by atoms with Gasteiger partial charge in [0.15, 0.2) is 0 Å². The van der Waals surface area contributed by atoms with Crippen molar-refractivity contribution >= 4 is 23.1 Å². The average Bonchev–Trinajstić information content (AvgIpc) is 3.47. The van der Waals surface area contributed by atoms with Crippen LogP contribution < -0.4 is 4.90 Å². The Labute approximate surface area is 232 Å². The van der Waals surface area contributed by atoms with Crippen LogP contribution in [0, 0.1) is 17.8 Å². The van der Waals surface area contributed by atoms with E-state index in [2.05, 4.69) is 35.2 Å². The van der Waals surface area contributed by atoms with Gasteiger partial charge in [-0.05, 0) is 118 Å². The number of hydrogen-bond acceptors (Lipinski definition) is 5. The predicted molar refractivity (Wildman–Crippen MR) is 157 cm³/mol. The number of rotatable bonds is 9. The lowest BCUT2D eigenvalue weighted by Crippen LogP contribution is -2.42. The van der Waals surface area contributed by atoms with Crippen LogP contribution in [0.25, 0.3) is 11.3 Å². The average molecular weight is 535 g/mol. The van der Waals surface area contributed by atoms with E-state index >= 15 is 0 Å². The third-order valence-corrected chi connectivity index (χ3v) is 8.74. The molecule has 2 saturated carbocycles. The molecule has 0 unspecified atom stereocenters. The van der Waals surface area contributed by atoms with Gasteiger partial charge in [-0.15, -0.1) is 0 Å². The molecule has 1 aromatic heterocycles. The number of nitrogens with zero attached hydrogens (tertiary/aromatic N) is 2. The third kappa shape index (κ3) is 7.23. The number of aromatic nitrogens is 1. The van der Waals surface area contributed by atoms with Crippen LogP contribution >= 0.6 is 11.5 Å². The molecule has 2 fully saturated rings. The Morgan fingerprint density at radius 3 is 2.42 bits per heavy atom. The van der Waals surface area contributed by atoms with E-state index in [0.29, 0.717) is 24.7 Å². The van der Waals surface area contributed by atoms with Crippen molar-refractivity contribution < 1.29 is 14.6 Å². The summed E-state index contributed by atoms with van der Waals surface area (Å²) in [5.74, 6) is 2.00. The van der Waals surface area contributed by atoms with Crippen molar-refractivity contribution in [3.05, 3.63) is 71.3 Å². The van der Waals surface area contributed by atoms with Crippen LogP contribution in [0.1, 0.15) is 65.2 Å². The summed E-state index contributed by atoms with van der Waals surface area (Å²) in [6.07, 6.45) is 11.1. The van der Waals surface area contributed by atoms with Gasteiger partial charge in [0, 0.05) is 29.1 Å². The van der Waals surface area contributed by atoms with Gasteiger partial charge in [-0.3, -0.25) is 4.79 Å². The molecule has 1 heterocycles. The van der Waals surface area contributed by atoms with Crippen LogP contribution in [0.3, 0.4) is 0 Å². The number of aliphatic hydroxyl groups is 1. The van der Waals surface area contributed by atoms with Crippen molar-refractivity contribution in [1.82, 2.24) is 4.37 Å². The molecular weight excluding hydrogens is 492 g/mol. The second kappa shape index (κ2) is 13.4. The highest BCUT2D eigenvalue weighted by Crippen LogP contribution is 2.36. The molecule has 0 radical (unpaired) electrons. The van der Waals surface area contributed by atoms with Gasteiger partial charge in [-0.1, -0.05) is 30.4 Å². The molecule has 1 amide bonds. The number of amides is 1. The maximum atomic E-state index is 13.9. The van der Waals surface area contributed by atoms with E-state index in [0.717, 1.165) is 78.9 Å². The van der Waals surface area contributed by atoms with Gasteiger partial charge in [-0.2, -0.15) is 4.37 Å². The number of allylic oxidation sites excluding steroid dienone is 4. The summed E-state index contributed by atoms with van der Waals surface area (Å²) in [5, 5.41) is 12.0. The van der Waals surface area contributed by atoms with Gasteiger partial charge in [0.05, 0.1) is 18.9 Å². The summed E-state index contributed by atoms with van der Waals surface area (Å²) in [6.45, 7) is 9.18. The van der Waals surface area contributed by atoms with Gasteiger partial charge >= 0.3 is 0 Å². The second-order valence-corrected chi connectivity index (χ2v) is 11.7. The normalized spacial score (nSPS) is 23.7. The lowest BCUT2D eigenvalue weighted by atomic mass is 9.78. The van der Waals surface area contributed by atoms with Crippen molar-refractivity contribution in [2.24, 2.45) is 17.8 Å². The van der Waals surface area contributed by atoms with Crippen LogP contribution in [0.15, 0.2) is 71.3 Å². The number of carbonyl (C=O) groups is 1. The van der Waals surface area contributed by atoms with Gasteiger partial charge in [0.25, 0.3) is 0 Å². The predicted octanol–water partition coefficient (Wildman–Crippen LogP) is 7.55.